The van der Waals surface area contributed by atoms with Crippen molar-refractivity contribution in [3.8, 4) is 0 Å². The van der Waals surface area contributed by atoms with Crippen LogP contribution in [0, 0.1) is 5.92 Å². The highest BCUT2D eigenvalue weighted by Gasteiger charge is 2.46. The first kappa shape index (κ1) is 17.2. The highest BCUT2D eigenvalue weighted by Crippen LogP contribution is 2.39. The molecule has 124 valence electrons. The van der Waals surface area contributed by atoms with E-state index < -0.39 is 21.5 Å². The summed E-state index contributed by atoms with van der Waals surface area (Å²) in [5.74, 6) is 0.00289. The SMILES string of the molecule is CCOC1(C(O)C2CCCC(S(C)(=O)=O)C2)CCOCC1. The van der Waals surface area contributed by atoms with E-state index in [2.05, 4.69) is 0 Å². The number of hydrogen-bond acceptors (Lipinski definition) is 5. The Hall–Kier alpha value is -0.170. The molecule has 0 bridgehead atoms. The summed E-state index contributed by atoms with van der Waals surface area (Å²) >= 11 is 0. The zero-order valence-electron chi connectivity index (χ0n) is 13.1. The number of aliphatic hydroxyl groups excluding tert-OH is 1. The molecule has 0 amide bonds. The van der Waals surface area contributed by atoms with Crippen molar-refractivity contribution in [3.05, 3.63) is 0 Å². The molecule has 2 aliphatic rings. The maximum absolute atomic E-state index is 11.8. The van der Waals surface area contributed by atoms with Crippen LogP contribution < -0.4 is 0 Å². The molecule has 3 atom stereocenters. The van der Waals surface area contributed by atoms with E-state index in [1.54, 1.807) is 0 Å². The Labute approximate surface area is 127 Å². The summed E-state index contributed by atoms with van der Waals surface area (Å²) in [5.41, 5.74) is -0.558. The first-order valence-electron chi connectivity index (χ1n) is 7.97. The number of sulfone groups is 1. The molecule has 1 aliphatic carbocycles. The lowest BCUT2D eigenvalue weighted by Gasteiger charge is -2.45. The fourth-order valence-corrected chi connectivity index (χ4v) is 5.01. The molecule has 21 heavy (non-hydrogen) atoms. The largest absolute Gasteiger partial charge is 0.390 e. The van der Waals surface area contributed by atoms with Crippen molar-refractivity contribution in [2.45, 2.75) is 62.4 Å². The molecule has 2 fully saturated rings. The fraction of sp³-hybridized carbons (Fsp3) is 1.00. The predicted octanol–water partition coefficient (Wildman–Crippen LogP) is 1.54. The van der Waals surface area contributed by atoms with E-state index in [1.807, 2.05) is 6.92 Å². The monoisotopic (exact) mass is 320 g/mol. The summed E-state index contributed by atoms with van der Waals surface area (Å²) in [6.07, 6.45) is 5.07. The fourth-order valence-electron chi connectivity index (χ4n) is 3.82. The number of ether oxygens (including phenoxy) is 2. The Morgan fingerprint density at radius 3 is 2.57 bits per heavy atom. The molecule has 6 heteroatoms. The Balaban J connectivity index is 2.11. The van der Waals surface area contributed by atoms with Crippen LogP contribution >= 0.6 is 0 Å². The molecule has 1 heterocycles. The van der Waals surface area contributed by atoms with Crippen LogP contribution in [0.25, 0.3) is 0 Å². The quantitative estimate of drug-likeness (QED) is 0.832. The van der Waals surface area contributed by atoms with Crippen LogP contribution in [-0.2, 0) is 19.3 Å². The molecule has 0 spiro atoms. The van der Waals surface area contributed by atoms with Crippen LogP contribution in [0.1, 0.15) is 45.4 Å². The van der Waals surface area contributed by atoms with Crippen LogP contribution in [0.2, 0.25) is 0 Å². The lowest BCUT2D eigenvalue weighted by atomic mass is 9.75. The minimum absolute atomic E-state index is 0.00289. The van der Waals surface area contributed by atoms with Gasteiger partial charge in [0.15, 0.2) is 0 Å². The van der Waals surface area contributed by atoms with Gasteiger partial charge in [-0.15, -0.1) is 0 Å². The molecule has 0 aromatic heterocycles. The standard InChI is InChI=1S/C15H28O5S/c1-3-20-15(7-9-19-10-8-15)14(16)12-5-4-6-13(11-12)21(2,17)18/h12-14,16H,3-11H2,1-2H3. The summed E-state index contributed by atoms with van der Waals surface area (Å²) in [7, 11) is -3.03. The third kappa shape index (κ3) is 3.97. The van der Waals surface area contributed by atoms with Gasteiger partial charge in [0, 0.05) is 38.9 Å². The van der Waals surface area contributed by atoms with Crippen LogP contribution in [0.4, 0.5) is 0 Å². The second kappa shape index (κ2) is 6.94. The minimum atomic E-state index is -3.03. The molecule has 1 aliphatic heterocycles. The topological polar surface area (TPSA) is 72.8 Å². The number of hydrogen-bond donors (Lipinski definition) is 1. The van der Waals surface area contributed by atoms with Crippen molar-refractivity contribution >= 4 is 9.84 Å². The molecule has 1 saturated heterocycles. The van der Waals surface area contributed by atoms with Gasteiger partial charge in [-0.3, -0.25) is 0 Å². The lowest BCUT2D eigenvalue weighted by Crippen LogP contribution is -2.53. The van der Waals surface area contributed by atoms with E-state index in [-0.39, 0.29) is 11.2 Å². The summed E-state index contributed by atoms with van der Waals surface area (Å²) < 4.78 is 34.9. The van der Waals surface area contributed by atoms with Gasteiger partial charge >= 0.3 is 0 Å². The second-order valence-electron chi connectivity index (χ2n) is 6.43. The van der Waals surface area contributed by atoms with Gasteiger partial charge in [0.2, 0.25) is 0 Å². The average molecular weight is 320 g/mol. The highest BCUT2D eigenvalue weighted by molar-refractivity contribution is 7.91. The van der Waals surface area contributed by atoms with Gasteiger partial charge in [0.25, 0.3) is 0 Å². The van der Waals surface area contributed by atoms with Gasteiger partial charge in [-0.1, -0.05) is 6.42 Å². The molecular weight excluding hydrogens is 292 g/mol. The normalized spacial score (nSPS) is 31.8. The Kier molecular flexibility index (Phi) is 5.68. The smallest absolute Gasteiger partial charge is 0.150 e. The van der Waals surface area contributed by atoms with Crippen LogP contribution in [0.5, 0.6) is 0 Å². The van der Waals surface area contributed by atoms with Gasteiger partial charge < -0.3 is 14.6 Å². The summed E-state index contributed by atoms with van der Waals surface area (Å²) in [6, 6.07) is 0. The van der Waals surface area contributed by atoms with Crippen molar-refractivity contribution < 1.29 is 23.0 Å². The molecule has 0 aromatic rings. The van der Waals surface area contributed by atoms with Gasteiger partial charge in [-0.25, -0.2) is 8.42 Å². The Morgan fingerprint density at radius 1 is 1.33 bits per heavy atom. The van der Waals surface area contributed by atoms with E-state index in [0.29, 0.717) is 45.5 Å². The van der Waals surface area contributed by atoms with Crippen LogP contribution in [-0.4, -0.2) is 56.6 Å². The number of aliphatic hydroxyl groups is 1. The Morgan fingerprint density at radius 2 is 2.00 bits per heavy atom. The van der Waals surface area contributed by atoms with Crippen molar-refractivity contribution in [2.75, 3.05) is 26.1 Å². The van der Waals surface area contributed by atoms with E-state index >= 15 is 0 Å². The van der Waals surface area contributed by atoms with Gasteiger partial charge in [-0.05, 0) is 32.1 Å². The molecule has 0 aromatic carbocycles. The van der Waals surface area contributed by atoms with E-state index in [4.69, 9.17) is 9.47 Å². The first-order chi connectivity index (χ1) is 9.89. The second-order valence-corrected chi connectivity index (χ2v) is 8.76. The molecule has 3 unspecified atom stereocenters. The summed E-state index contributed by atoms with van der Waals surface area (Å²) in [4.78, 5) is 0. The molecular formula is C15H28O5S. The highest BCUT2D eigenvalue weighted by atomic mass is 32.2. The third-order valence-corrected chi connectivity index (χ3v) is 6.67. The van der Waals surface area contributed by atoms with Crippen molar-refractivity contribution in [3.63, 3.8) is 0 Å². The van der Waals surface area contributed by atoms with Crippen LogP contribution in [0.3, 0.4) is 0 Å². The maximum Gasteiger partial charge on any atom is 0.150 e. The zero-order valence-corrected chi connectivity index (χ0v) is 13.9. The third-order valence-electron chi connectivity index (χ3n) is 5.03. The summed E-state index contributed by atoms with van der Waals surface area (Å²) in [5, 5.41) is 10.6. The number of rotatable bonds is 5. The molecule has 1 saturated carbocycles. The molecule has 1 N–H and O–H groups in total. The van der Waals surface area contributed by atoms with Crippen molar-refractivity contribution in [2.24, 2.45) is 5.92 Å². The van der Waals surface area contributed by atoms with E-state index in [1.165, 1.54) is 6.26 Å². The molecule has 5 nitrogen and oxygen atoms in total. The zero-order chi connectivity index (χ0) is 15.5. The predicted molar refractivity (Wildman–Crippen MR) is 81.0 cm³/mol. The Bertz CT molecular complexity index is 422. The summed E-state index contributed by atoms with van der Waals surface area (Å²) in [6.45, 7) is 3.68. The lowest BCUT2D eigenvalue weighted by molar-refractivity contribution is -0.182. The minimum Gasteiger partial charge on any atom is -0.390 e. The first-order valence-corrected chi connectivity index (χ1v) is 9.93. The van der Waals surface area contributed by atoms with E-state index in [0.717, 1.165) is 12.8 Å². The van der Waals surface area contributed by atoms with E-state index in [9.17, 15) is 13.5 Å². The molecule has 2 rings (SSSR count). The van der Waals surface area contributed by atoms with Gasteiger partial charge in [-0.2, -0.15) is 0 Å². The van der Waals surface area contributed by atoms with Gasteiger partial charge in [0.1, 0.15) is 9.84 Å². The average Bonchev–Trinajstić information content (AvgIpc) is 2.47. The van der Waals surface area contributed by atoms with Crippen molar-refractivity contribution in [1.29, 1.82) is 0 Å². The van der Waals surface area contributed by atoms with Crippen molar-refractivity contribution in [1.82, 2.24) is 0 Å². The van der Waals surface area contributed by atoms with Gasteiger partial charge in [0.05, 0.1) is 17.0 Å². The van der Waals surface area contributed by atoms with Crippen LogP contribution in [0.15, 0.2) is 0 Å². The molecule has 0 radical (unpaired) electrons. The maximum atomic E-state index is 11.8.